The van der Waals surface area contributed by atoms with Crippen LogP contribution in [0.4, 0.5) is 0 Å². The third-order valence-electron chi connectivity index (χ3n) is 3.30. The topological polar surface area (TPSA) is 77.5 Å². The van der Waals surface area contributed by atoms with E-state index < -0.39 is 21.9 Å². The average Bonchev–Trinajstić information content (AvgIpc) is 2.54. The lowest BCUT2D eigenvalue weighted by molar-refractivity contribution is 0.0318. The number of benzene rings is 2. The van der Waals surface area contributed by atoms with Crippen molar-refractivity contribution in [2.24, 2.45) is 0 Å². The Kier molecular flexibility index (Phi) is 5.56. The fourth-order valence-electron chi connectivity index (χ4n) is 1.97. The van der Waals surface area contributed by atoms with Crippen LogP contribution in [0.1, 0.15) is 27.6 Å². The number of halogens is 1. The molecule has 2 rings (SSSR count). The maximum Gasteiger partial charge on any atom is 0.338 e. The summed E-state index contributed by atoms with van der Waals surface area (Å²) < 4.78 is 28.8. The van der Waals surface area contributed by atoms with Crippen LogP contribution in [0, 0.1) is 0 Å². The van der Waals surface area contributed by atoms with Crippen LogP contribution in [0.15, 0.2) is 57.9 Å². The van der Waals surface area contributed by atoms with Crippen molar-refractivity contribution in [1.29, 1.82) is 0 Å². The highest BCUT2D eigenvalue weighted by Crippen LogP contribution is 2.15. The van der Waals surface area contributed by atoms with Gasteiger partial charge in [-0.15, -0.1) is 0 Å². The summed E-state index contributed by atoms with van der Waals surface area (Å²) >= 11 is 3.28. The molecule has 0 aliphatic rings. The molecule has 2 aromatic rings. The minimum atomic E-state index is -3.33. The Morgan fingerprint density at radius 2 is 1.46 bits per heavy atom. The molecule has 1 atom stereocenters. The van der Waals surface area contributed by atoms with Crippen LogP contribution in [0.2, 0.25) is 0 Å². The number of sulfone groups is 1. The van der Waals surface area contributed by atoms with E-state index in [9.17, 15) is 18.0 Å². The van der Waals surface area contributed by atoms with Crippen LogP contribution < -0.4 is 0 Å². The maximum absolute atomic E-state index is 12.2. The number of hydrogen-bond acceptors (Lipinski definition) is 5. The van der Waals surface area contributed by atoms with Gasteiger partial charge in [0.15, 0.2) is 15.9 Å². The fourth-order valence-corrected chi connectivity index (χ4v) is 2.86. The molecule has 0 aromatic heterocycles. The van der Waals surface area contributed by atoms with E-state index in [1.807, 2.05) is 0 Å². The van der Waals surface area contributed by atoms with E-state index in [0.29, 0.717) is 5.56 Å². The van der Waals surface area contributed by atoms with Crippen molar-refractivity contribution in [3.63, 3.8) is 0 Å². The standard InChI is InChI=1S/C17H15BrO5S/c1-11(16(19)12-3-7-14(18)8-4-12)23-17(20)13-5-9-15(10-6-13)24(2,21)22/h3-11H,1-2H3/t11-/m0/s1. The second-order valence-electron chi connectivity index (χ2n) is 5.22. The number of ether oxygens (including phenoxy) is 1. The molecule has 0 saturated heterocycles. The molecule has 126 valence electrons. The molecule has 5 nitrogen and oxygen atoms in total. The SMILES string of the molecule is C[C@H](OC(=O)c1ccc(S(C)(=O)=O)cc1)C(=O)c1ccc(Br)cc1. The van der Waals surface area contributed by atoms with Crippen molar-refractivity contribution < 1.29 is 22.7 Å². The summed E-state index contributed by atoms with van der Waals surface area (Å²) in [6.45, 7) is 1.49. The molecular weight excluding hydrogens is 396 g/mol. The molecule has 0 spiro atoms. The molecule has 0 aliphatic carbocycles. The Hall–Kier alpha value is -1.99. The number of carbonyl (C=O) groups is 2. The maximum atomic E-state index is 12.2. The van der Waals surface area contributed by atoms with Gasteiger partial charge in [-0.2, -0.15) is 0 Å². The first-order chi connectivity index (χ1) is 11.2. The molecule has 0 radical (unpaired) electrons. The van der Waals surface area contributed by atoms with Crippen molar-refractivity contribution in [2.75, 3.05) is 6.26 Å². The molecule has 0 unspecified atom stereocenters. The summed E-state index contributed by atoms with van der Waals surface area (Å²) in [7, 11) is -3.33. The average molecular weight is 411 g/mol. The minimum Gasteiger partial charge on any atom is -0.451 e. The summed E-state index contributed by atoms with van der Waals surface area (Å²) in [5.74, 6) is -1.00. The van der Waals surface area contributed by atoms with Gasteiger partial charge >= 0.3 is 5.97 Å². The third-order valence-corrected chi connectivity index (χ3v) is 4.96. The molecule has 2 aromatic carbocycles. The molecule has 0 bridgehead atoms. The Balaban J connectivity index is 2.08. The zero-order valence-corrected chi connectivity index (χ0v) is 15.4. The lowest BCUT2D eigenvalue weighted by Gasteiger charge is -2.12. The number of carbonyl (C=O) groups excluding carboxylic acids is 2. The van der Waals surface area contributed by atoms with Crippen molar-refractivity contribution in [1.82, 2.24) is 0 Å². The van der Waals surface area contributed by atoms with Gasteiger partial charge in [-0.3, -0.25) is 4.79 Å². The van der Waals surface area contributed by atoms with E-state index in [-0.39, 0.29) is 16.2 Å². The van der Waals surface area contributed by atoms with Crippen LogP contribution in [-0.4, -0.2) is 32.5 Å². The van der Waals surface area contributed by atoms with Crippen LogP contribution in [0.5, 0.6) is 0 Å². The number of esters is 1. The molecule has 0 fully saturated rings. The predicted octanol–water partition coefficient (Wildman–Crippen LogP) is 3.28. The van der Waals surface area contributed by atoms with Crippen molar-refractivity contribution >= 4 is 37.5 Å². The zero-order chi connectivity index (χ0) is 17.9. The van der Waals surface area contributed by atoms with Gasteiger partial charge in [-0.05, 0) is 43.3 Å². The van der Waals surface area contributed by atoms with Crippen molar-refractivity contribution in [2.45, 2.75) is 17.9 Å². The van der Waals surface area contributed by atoms with Gasteiger partial charge in [0.25, 0.3) is 0 Å². The van der Waals surface area contributed by atoms with Gasteiger partial charge in [0, 0.05) is 16.3 Å². The summed E-state index contributed by atoms with van der Waals surface area (Å²) in [5, 5.41) is 0. The van der Waals surface area contributed by atoms with Crippen LogP contribution in [0.25, 0.3) is 0 Å². The van der Waals surface area contributed by atoms with Crippen molar-refractivity contribution in [3.05, 3.63) is 64.1 Å². The van der Waals surface area contributed by atoms with Crippen LogP contribution in [-0.2, 0) is 14.6 Å². The normalized spacial score (nSPS) is 12.5. The molecule has 0 N–H and O–H groups in total. The zero-order valence-electron chi connectivity index (χ0n) is 13.0. The molecule has 0 heterocycles. The lowest BCUT2D eigenvalue weighted by atomic mass is 10.1. The van der Waals surface area contributed by atoms with E-state index in [1.165, 1.54) is 31.2 Å². The van der Waals surface area contributed by atoms with E-state index in [1.54, 1.807) is 24.3 Å². The third kappa shape index (κ3) is 4.52. The van der Waals surface area contributed by atoms with Gasteiger partial charge < -0.3 is 4.74 Å². The number of Topliss-reactive ketones (excluding diaryl/α,β-unsaturated/α-hetero) is 1. The highest BCUT2D eigenvalue weighted by atomic mass is 79.9. The molecule has 0 saturated carbocycles. The Bertz CT molecular complexity index is 855. The van der Waals surface area contributed by atoms with Crippen LogP contribution >= 0.6 is 15.9 Å². The predicted molar refractivity (Wildman–Crippen MR) is 92.9 cm³/mol. The first-order valence-electron chi connectivity index (χ1n) is 6.99. The largest absolute Gasteiger partial charge is 0.451 e. The van der Waals surface area contributed by atoms with Gasteiger partial charge in [-0.1, -0.05) is 28.1 Å². The molecule has 24 heavy (non-hydrogen) atoms. The monoisotopic (exact) mass is 410 g/mol. The summed E-state index contributed by atoms with van der Waals surface area (Å²) in [6, 6.07) is 12.1. The number of rotatable bonds is 5. The first kappa shape index (κ1) is 18.4. The van der Waals surface area contributed by atoms with Gasteiger partial charge in [0.2, 0.25) is 5.78 Å². The molecule has 7 heteroatoms. The highest BCUT2D eigenvalue weighted by molar-refractivity contribution is 9.10. The van der Waals surface area contributed by atoms with E-state index in [0.717, 1.165) is 10.7 Å². The van der Waals surface area contributed by atoms with E-state index in [4.69, 9.17) is 4.74 Å². The summed E-state index contributed by atoms with van der Waals surface area (Å²) in [4.78, 5) is 24.4. The Morgan fingerprint density at radius 3 is 1.96 bits per heavy atom. The summed E-state index contributed by atoms with van der Waals surface area (Å²) in [6.07, 6.45) is 0.132. The summed E-state index contributed by atoms with van der Waals surface area (Å²) in [5.41, 5.74) is 0.615. The van der Waals surface area contributed by atoms with Crippen molar-refractivity contribution in [3.8, 4) is 0 Å². The molecule has 0 aliphatic heterocycles. The van der Waals surface area contributed by atoms with Gasteiger partial charge in [-0.25, -0.2) is 13.2 Å². The van der Waals surface area contributed by atoms with Crippen LogP contribution in [0.3, 0.4) is 0 Å². The Morgan fingerprint density at radius 1 is 0.958 bits per heavy atom. The quantitative estimate of drug-likeness (QED) is 0.558. The number of ketones is 1. The van der Waals surface area contributed by atoms with E-state index >= 15 is 0 Å². The number of hydrogen-bond donors (Lipinski definition) is 0. The second kappa shape index (κ2) is 7.27. The van der Waals surface area contributed by atoms with Gasteiger partial charge in [0.05, 0.1) is 10.5 Å². The highest BCUT2D eigenvalue weighted by Gasteiger charge is 2.20. The second-order valence-corrected chi connectivity index (χ2v) is 8.15. The lowest BCUT2D eigenvalue weighted by Crippen LogP contribution is -2.24. The van der Waals surface area contributed by atoms with E-state index in [2.05, 4.69) is 15.9 Å². The Labute approximate surface area is 148 Å². The van der Waals surface area contributed by atoms with Gasteiger partial charge in [0.1, 0.15) is 0 Å². The fraction of sp³-hybridized carbons (Fsp3) is 0.176. The first-order valence-corrected chi connectivity index (χ1v) is 9.68. The molecular formula is C17H15BrO5S. The minimum absolute atomic E-state index is 0.109. The molecule has 0 amide bonds. The smallest absolute Gasteiger partial charge is 0.338 e.